The lowest BCUT2D eigenvalue weighted by Crippen LogP contribution is -2.02. The van der Waals surface area contributed by atoms with Crippen molar-refractivity contribution in [2.75, 3.05) is 6.54 Å². The van der Waals surface area contributed by atoms with Gasteiger partial charge in [-0.2, -0.15) is 5.10 Å². The second-order valence-corrected chi connectivity index (χ2v) is 3.71. The third-order valence-electron chi connectivity index (χ3n) is 2.35. The molecule has 16 heavy (non-hydrogen) atoms. The van der Waals surface area contributed by atoms with Crippen LogP contribution in [0.4, 0.5) is 4.39 Å². The van der Waals surface area contributed by atoms with Crippen LogP contribution >= 0.6 is 0 Å². The molecule has 0 aliphatic heterocycles. The molecule has 2 rings (SSSR count). The average molecular weight is 219 g/mol. The molecule has 0 radical (unpaired) electrons. The van der Waals surface area contributed by atoms with Gasteiger partial charge in [0, 0.05) is 6.20 Å². The van der Waals surface area contributed by atoms with Crippen LogP contribution in [0.25, 0.3) is 0 Å². The fourth-order valence-electron chi connectivity index (χ4n) is 1.61. The molecular weight excluding hydrogens is 205 g/mol. The van der Waals surface area contributed by atoms with E-state index < -0.39 is 0 Å². The van der Waals surface area contributed by atoms with Gasteiger partial charge < -0.3 is 5.73 Å². The van der Waals surface area contributed by atoms with Crippen molar-refractivity contribution in [3.63, 3.8) is 0 Å². The maximum atomic E-state index is 12.9. The number of nitrogens with two attached hydrogens (primary N) is 1. The predicted octanol–water partition coefficient (Wildman–Crippen LogP) is 1.57. The van der Waals surface area contributed by atoms with Gasteiger partial charge >= 0.3 is 0 Å². The van der Waals surface area contributed by atoms with Crippen LogP contribution in [0.3, 0.4) is 0 Å². The normalized spacial score (nSPS) is 10.6. The molecule has 0 spiro atoms. The number of rotatable bonds is 4. The Morgan fingerprint density at radius 1 is 1.31 bits per heavy atom. The van der Waals surface area contributed by atoms with E-state index in [9.17, 15) is 4.39 Å². The molecule has 0 bridgehead atoms. The summed E-state index contributed by atoms with van der Waals surface area (Å²) in [6.45, 7) is 1.20. The third kappa shape index (κ3) is 2.67. The maximum absolute atomic E-state index is 12.9. The van der Waals surface area contributed by atoms with Crippen molar-refractivity contribution in [2.24, 2.45) is 5.73 Å². The molecule has 0 atom stereocenters. The lowest BCUT2D eigenvalue weighted by atomic mass is 10.2. The van der Waals surface area contributed by atoms with E-state index in [1.165, 1.54) is 12.1 Å². The maximum Gasteiger partial charge on any atom is 0.123 e. The Kier molecular flexibility index (Phi) is 3.31. The molecule has 84 valence electrons. The van der Waals surface area contributed by atoms with E-state index in [1.54, 1.807) is 16.9 Å². The van der Waals surface area contributed by atoms with E-state index in [2.05, 4.69) is 5.10 Å². The number of hydrogen-bond donors (Lipinski definition) is 1. The largest absolute Gasteiger partial charge is 0.330 e. The molecule has 0 fully saturated rings. The Morgan fingerprint density at radius 3 is 2.94 bits per heavy atom. The Bertz CT molecular complexity index is 465. The molecule has 1 aromatic heterocycles. The second-order valence-electron chi connectivity index (χ2n) is 3.71. The number of benzene rings is 1. The lowest BCUT2D eigenvalue weighted by molar-refractivity contribution is 0.619. The monoisotopic (exact) mass is 219 g/mol. The van der Waals surface area contributed by atoms with E-state index in [1.807, 2.05) is 12.3 Å². The molecule has 2 aromatic rings. The van der Waals surface area contributed by atoms with Gasteiger partial charge in [0.2, 0.25) is 0 Å². The fourth-order valence-corrected chi connectivity index (χ4v) is 1.61. The van der Waals surface area contributed by atoms with Gasteiger partial charge in [-0.1, -0.05) is 12.1 Å². The molecule has 1 aromatic carbocycles. The van der Waals surface area contributed by atoms with Crippen LogP contribution in [-0.4, -0.2) is 16.3 Å². The van der Waals surface area contributed by atoms with Crippen molar-refractivity contribution in [3.05, 3.63) is 53.6 Å². The zero-order valence-electron chi connectivity index (χ0n) is 8.94. The average Bonchev–Trinajstić information content (AvgIpc) is 2.66. The first-order chi connectivity index (χ1) is 7.78. The van der Waals surface area contributed by atoms with Gasteiger partial charge in [-0.3, -0.25) is 4.68 Å². The molecule has 3 nitrogen and oxygen atoms in total. The van der Waals surface area contributed by atoms with Crippen LogP contribution in [0.1, 0.15) is 11.1 Å². The van der Waals surface area contributed by atoms with Crippen molar-refractivity contribution in [1.82, 2.24) is 9.78 Å². The Hall–Kier alpha value is -1.68. The minimum Gasteiger partial charge on any atom is -0.330 e. The highest BCUT2D eigenvalue weighted by Gasteiger charge is 2.00. The van der Waals surface area contributed by atoms with Gasteiger partial charge in [-0.25, -0.2) is 4.39 Å². The minimum absolute atomic E-state index is 0.216. The number of nitrogens with zero attached hydrogens (tertiary/aromatic N) is 2. The number of halogens is 1. The van der Waals surface area contributed by atoms with Gasteiger partial charge in [-0.15, -0.1) is 0 Å². The first-order valence-corrected chi connectivity index (χ1v) is 5.24. The Balaban J connectivity index is 2.08. The standard InChI is InChI=1S/C12H14FN3/c13-12-3-1-2-10(6-12)8-16-9-11(4-5-14)7-15-16/h1-3,6-7,9H,4-5,8,14H2. The SMILES string of the molecule is NCCc1cnn(Cc2cccc(F)c2)c1. The van der Waals surface area contributed by atoms with Gasteiger partial charge in [0.25, 0.3) is 0 Å². The molecule has 0 aliphatic rings. The highest BCUT2D eigenvalue weighted by Crippen LogP contribution is 2.06. The zero-order valence-corrected chi connectivity index (χ0v) is 8.94. The molecule has 4 heteroatoms. The topological polar surface area (TPSA) is 43.8 Å². The van der Waals surface area contributed by atoms with E-state index >= 15 is 0 Å². The first kappa shape index (κ1) is 10.8. The van der Waals surface area contributed by atoms with Gasteiger partial charge in [0.1, 0.15) is 5.82 Å². The van der Waals surface area contributed by atoms with E-state index in [0.717, 1.165) is 17.5 Å². The molecule has 2 N–H and O–H groups in total. The minimum atomic E-state index is -0.216. The smallest absolute Gasteiger partial charge is 0.123 e. The summed E-state index contributed by atoms with van der Waals surface area (Å²) in [4.78, 5) is 0. The van der Waals surface area contributed by atoms with Crippen molar-refractivity contribution >= 4 is 0 Å². The van der Waals surface area contributed by atoms with Crippen LogP contribution in [0.5, 0.6) is 0 Å². The van der Waals surface area contributed by atoms with Gasteiger partial charge in [-0.05, 0) is 36.2 Å². The fraction of sp³-hybridized carbons (Fsp3) is 0.250. The van der Waals surface area contributed by atoms with Crippen LogP contribution in [0.15, 0.2) is 36.7 Å². The Labute approximate surface area is 93.7 Å². The van der Waals surface area contributed by atoms with Crippen LogP contribution in [-0.2, 0) is 13.0 Å². The van der Waals surface area contributed by atoms with Gasteiger partial charge in [0.05, 0.1) is 12.7 Å². The van der Waals surface area contributed by atoms with E-state index in [-0.39, 0.29) is 5.82 Å². The summed E-state index contributed by atoms with van der Waals surface area (Å²) >= 11 is 0. The Morgan fingerprint density at radius 2 is 2.19 bits per heavy atom. The molecule has 0 saturated carbocycles. The molecular formula is C12H14FN3. The summed E-state index contributed by atoms with van der Waals surface area (Å²) in [7, 11) is 0. The summed E-state index contributed by atoms with van der Waals surface area (Å²) in [5, 5.41) is 4.20. The summed E-state index contributed by atoms with van der Waals surface area (Å²) in [5.74, 6) is -0.216. The summed E-state index contributed by atoms with van der Waals surface area (Å²) in [6.07, 6.45) is 4.56. The third-order valence-corrected chi connectivity index (χ3v) is 2.35. The van der Waals surface area contributed by atoms with Crippen molar-refractivity contribution in [2.45, 2.75) is 13.0 Å². The van der Waals surface area contributed by atoms with Crippen molar-refractivity contribution in [1.29, 1.82) is 0 Å². The number of hydrogen-bond acceptors (Lipinski definition) is 2. The van der Waals surface area contributed by atoms with Crippen molar-refractivity contribution < 1.29 is 4.39 Å². The summed E-state index contributed by atoms with van der Waals surface area (Å²) < 4.78 is 14.7. The zero-order chi connectivity index (χ0) is 11.4. The summed E-state index contributed by atoms with van der Waals surface area (Å²) in [6, 6.07) is 6.54. The highest BCUT2D eigenvalue weighted by atomic mass is 19.1. The van der Waals surface area contributed by atoms with Crippen LogP contribution in [0.2, 0.25) is 0 Å². The van der Waals surface area contributed by atoms with Crippen molar-refractivity contribution in [3.8, 4) is 0 Å². The highest BCUT2D eigenvalue weighted by molar-refractivity contribution is 5.17. The molecule has 0 saturated heterocycles. The summed E-state index contributed by atoms with van der Waals surface area (Å²) in [5.41, 5.74) is 7.47. The van der Waals surface area contributed by atoms with Crippen LogP contribution in [0, 0.1) is 5.82 Å². The first-order valence-electron chi connectivity index (χ1n) is 5.24. The predicted molar refractivity (Wildman–Crippen MR) is 60.5 cm³/mol. The lowest BCUT2D eigenvalue weighted by Gasteiger charge is -2.01. The second kappa shape index (κ2) is 4.90. The molecule has 1 heterocycles. The molecule has 0 aliphatic carbocycles. The molecule has 0 unspecified atom stereocenters. The van der Waals surface area contributed by atoms with Gasteiger partial charge in [0.15, 0.2) is 0 Å². The number of aromatic nitrogens is 2. The van der Waals surface area contributed by atoms with E-state index in [4.69, 9.17) is 5.73 Å². The molecule has 0 amide bonds. The van der Waals surface area contributed by atoms with E-state index in [0.29, 0.717) is 13.1 Å². The van der Waals surface area contributed by atoms with Crippen LogP contribution < -0.4 is 5.73 Å². The quantitative estimate of drug-likeness (QED) is 0.848.